The first-order valence-electron chi connectivity index (χ1n) is 13.3. The average molecular weight is 580 g/mol. The molecular formula is C31H34ClN3O4S. The highest BCUT2D eigenvalue weighted by atomic mass is 35.5. The number of fused-ring (bicyclic) bond motifs is 2. The molecule has 0 atom stereocenters. The predicted molar refractivity (Wildman–Crippen MR) is 159 cm³/mol. The van der Waals surface area contributed by atoms with Gasteiger partial charge in [-0.05, 0) is 89.8 Å². The second kappa shape index (κ2) is 11.5. The molecule has 40 heavy (non-hydrogen) atoms. The standard InChI is InChI=1S/C31H34ClN3O4S/c1-31(2,3)39-34(22-36)21-24-5-7-25-6-4-23(16-28(25)17-24)20-33-12-14-35(15-13-33)40(37,38)30-11-9-26-18-29(32)10-8-27(26)19-30/h4-11,16-19,22H,12-15,20-21H2,1-3H3. The van der Waals surface area contributed by atoms with Crippen molar-refractivity contribution in [2.24, 2.45) is 0 Å². The van der Waals surface area contributed by atoms with Crippen molar-refractivity contribution in [1.29, 1.82) is 0 Å². The van der Waals surface area contributed by atoms with E-state index >= 15 is 0 Å². The van der Waals surface area contributed by atoms with Crippen LogP contribution in [0.25, 0.3) is 21.5 Å². The second-order valence-electron chi connectivity index (χ2n) is 11.2. The summed E-state index contributed by atoms with van der Waals surface area (Å²) in [4.78, 5) is 19.8. The molecule has 1 heterocycles. The third kappa shape index (κ3) is 6.65. The van der Waals surface area contributed by atoms with E-state index in [2.05, 4.69) is 35.2 Å². The topological polar surface area (TPSA) is 70.2 Å². The van der Waals surface area contributed by atoms with Crippen molar-refractivity contribution in [3.8, 4) is 0 Å². The molecule has 9 heteroatoms. The van der Waals surface area contributed by atoms with Gasteiger partial charge in [-0.2, -0.15) is 4.31 Å². The van der Waals surface area contributed by atoms with Crippen molar-refractivity contribution in [1.82, 2.24) is 14.3 Å². The van der Waals surface area contributed by atoms with E-state index in [1.165, 1.54) is 5.06 Å². The summed E-state index contributed by atoms with van der Waals surface area (Å²) in [7, 11) is -3.58. The highest BCUT2D eigenvalue weighted by Gasteiger charge is 2.28. The zero-order valence-corrected chi connectivity index (χ0v) is 24.6. The maximum Gasteiger partial charge on any atom is 0.243 e. The molecule has 5 rings (SSSR count). The first-order chi connectivity index (χ1) is 19.0. The Morgan fingerprint density at radius 3 is 2.15 bits per heavy atom. The number of hydroxylamine groups is 2. The first-order valence-corrected chi connectivity index (χ1v) is 15.2. The van der Waals surface area contributed by atoms with Gasteiger partial charge in [-0.15, -0.1) is 0 Å². The molecule has 1 fully saturated rings. The molecule has 1 saturated heterocycles. The quantitative estimate of drug-likeness (QED) is 0.194. The molecule has 0 bridgehead atoms. The van der Waals surface area contributed by atoms with Gasteiger partial charge in [-0.1, -0.05) is 48.0 Å². The lowest BCUT2D eigenvalue weighted by Crippen LogP contribution is -2.48. The van der Waals surface area contributed by atoms with E-state index < -0.39 is 15.6 Å². The van der Waals surface area contributed by atoms with Crippen LogP contribution in [-0.4, -0.2) is 60.9 Å². The minimum absolute atomic E-state index is 0.308. The van der Waals surface area contributed by atoms with Gasteiger partial charge in [0.05, 0.1) is 17.0 Å². The van der Waals surface area contributed by atoms with Crippen molar-refractivity contribution >= 4 is 49.6 Å². The molecule has 1 aliphatic rings. The third-order valence-corrected chi connectivity index (χ3v) is 9.09. The number of carbonyl (C=O) groups is 1. The molecule has 7 nitrogen and oxygen atoms in total. The molecule has 0 radical (unpaired) electrons. The predicted octanol–water partition coefficient (Wildman–Crippen LogP) is 5.84. The fourth-order valence-electron chi connectivity index (χ4n) is 5.06. The summed E-state index contributed by atoms with van der Waals surface area (Å²) in [5, 5.41) is 5.93. The van der Waals surface area contributed by atoms with Gasteiger partial charge in [-0.25, -0.2) is 13.5 Å². The van der Waals surface area contributed by atoms with Gasteiger partial charge in [0.1, 0.15) is 0 Å². The minimum atomic E-state index is -3.58. The number of carbonyl (C=O) groups excluding carboxylic acids is 1. The normalized spacial score (nSPS) is 15.5. The summed E-state index contributed by atoms with van der Waals surface area (Å²) >= 11 is 6.07. The SMILES string of the molecule is CC(C)(C)ON(C=O)Cc1ccc2ccc(CN3CCN(S(=O)(=O)c4ccc5cc(Cl)ccc5c4)CC3)cc2c1. The number of nitrogens with zero attached hydrogens (tertiary/aromatic N) is 3. The Kier molecular flexibility index (Phi) is 8.17. The van der Waals surface area contributed by atoms with E-state index in [1.54, 1.807) is 22.5 Å². The summed E-state index contributed by atoms with van der Waals surface area (Å²) in [5.74, 6) is 0. The highest BCUT2D eigenvalue weighted by molar-refractivity contribution is 7.89. The number of hydrogen-bond acceptors (Lipinski definition) is 5. The van der Waals surface area contributed by atoms with Crippen LogP contribution < -0.4 is 0 Å². The molecule has 0 aliphatic carbocycles. The fourth-order valence-corrected chi connectivity index (χ4v) is 6.69. The number of piperazine rings is 1. The van der Waals surface area contributed by atoms with Crippen LogP contribution in [0.3, 0.4) is 0 Å². The van der Waals surface area contributed by atoms with Gasteiger partial charge in [0.15, 0.2) is 0 Å². The van der Waals surface area contributed by atoms with E-state index in [1.807, 2.05) is 45.0 Å². The number of benzene rings is 4. The summed E-state index contributed by atoms with van der Waals surface area (Å²) in [6.45, 7) is 9.00. The number of halogens is 1. The van der Waals surface area contributed by atoms with Crippen LogP contribution in [0.2, 0.25) is 5.02 Å². The molecule has 4 aromatic rings. The summed E-state index contributed by atoms with van der Waals surface area (Å²) in [5.41, 5.74) is 1.68. The Balaban J connectivity index is 1.23. The molecule has 1 amide bonds. The minimum Gasteiger partial charge on any atom is -0.296 e. The number of rotatable bonds is 8. The van der Waals surface area contributed by atoms with Crippen LogP contribution in [0.1, 0.15) is 31.9 Å². The molecule has 0 saturated carbocycles. The van der Waals surface area contributed by atoms with Gasteiger partial charge >= 0.3 is 0 Å². The molecular weight excluding hydrogens is 546 g/mol. The monoisotopic (exact) mass is 579 g/mol. The Morgan fingerprint density at radius 2 is 1.45 bits per heavy atom. The van der Waals surface area contributed by atoms with Crippen molar-refractivity contribution in [3.05, 3.63) is 88.9 Å². The molecule has 4 aromatic carbocycles. The second-order valence-corrected chi connectivity index (χ2v) is 13.6. The number of sulfonamides is 1. The Bertz CT molecular complexity index is 1640. The summed E-state index contributed by atoms with van der Waals surface area (Å²) in [6, 6.07) is 23.2. The third-order valence-electron chi connectivity index (χ3n) is 6.97. The molecule has 0 N–H and O–H groups in total. The van der Waals surface area contributed by atoms with Gasteiger partial charge in [0.2, 0.25) is 16.4 Å². The van der Waals surface area contributed by atoms with Crippen LogP contribution in [0, 0.1) is 0 Å². The lowest BCUT2D eigenvalue weighted by Gasteiger charge is -2.34. The number of hydrogen-bond donors (Lipinski definition) is 0. The van der Waals surface area contributed by atoms with Crippen molar-refractivity contribution < 1.29 is 18.0 Å². The molecule has 0 spiro atoms. The zero-order valence-electron chi connectivity index (χ0n) is 23.0. The first kappa shape index (κ1) is 28.5. The molecule has 0 unspecified atom stereocenters. The van der Waals surface area contributed by atoms with Crippen molar-refractivity contribution in [2.75, 3.05) is 26.2 Å². The van der Waals surface area contributed by atoms with E-state index in [4.69, 9.17) is 16.4 Å². The summed E-state index contributed by atoms with van der Waals surface area (Å²) < 4.78 is 28.3. The van der Waals surface area contributed by atoms with Crippen molar-refractivity contribution in [3.63, 3.8) is 0 Å². The van der Waals surface area contributed by atoms with Crippen LogP contribution in [0.4, 0.5) is 0 Å². The highest BCUT2D eigenvalue weighted by Crippen LogP contribution is 2.26. The lowest BCUT2D eigenvalue weighted by molar-refractivity contribution is -0.220. The van der Waals surface area contributed by atoms with E-state index in [9.17, 15) is 13.2 Å². The van der Waals surface area contributed by atoms with Crippen LogP contribution in [0.15, 0.2) is 77.7 Å². The van der Waals surface area contributed by atoms with E-state index in [0.717, 1.165) is 39.2 Å². The van der Waals surface area contributed by atoms with Crippen LogP contribution in [0.5, 0.6) is 0 Å². The average Bonchev–Trinajstić information content (AvgIpc) is 2.91. The van der Waals surface area contributed by atoms with Crippen LogP contribution >= 0.6 is 11.6 Å². The van der Waals surface area contributed by atoms with E-state index in [0.29, 0.717) is 49.1 Å². The zero-order chi connectivity index (χ0) is 28.5. The largest absolute Gasteiger partial charge is 0.296 e. The lowest BCUT2D eigenvalue weighted by atomic mass is 10.0. The van der Waals surface area contributed by atoms with Crippen molar-refractivity contribution in [2.45, 2.75) is 44.4 Å². The molecule has 1 aliphatic heterocycles. The van der Waals surface area contributed by atoms with Gasteiger partial charge < -0.3 is 0 Å². The fraction of sp³-hybridized carbons (Fsp3) is 0.323. The van der Waals surface area contributed by atoms with Crippen LogP contribution in [-0.2, 0) is 32.7 Å². The Hall–Kier alpha value is -3.01. The Morgan fingerprint density at radius 1 is 0.825 bits per heavy atom. The van der Waals surface area contributed by atoms with E-state index in [-0.39, 0.29) is 0 Å². The Labute approximate surface area is 240 Å². The summed E-state index contributed by atoms with van der Waals surface area (Å²) in [6.07, 6.45) is 0.710. The van der Waals surface area contributed by atoms with Gasteiger partial charge in [0, 0.05) is 37.7 Å². The maximum absolute atomic E-state index is 13.4. The van der Waals surface area contributed by atoms with Gasteiger partial charge in [0.25, 0.3) is 0 Å². The van der Waals surface area contributed by atoms with Gasteiger partial charge in [-0.3, -0.25) is 14.5 Å². The maximum atomic E-state index is 13.4. The molecule has 210 valence electrons. The molecule has 0 aromatic heterocycles. The smallest absolute Gasteiger partial charge is 0.243 e. The number of amides is 1.